The van der Waals surface area contributed by atoms with Crippen LogP contribution in [0.15, 0.2) is 60.4 Å². The average Bonchev–Trinajstić information content (AvgIpc) is 3.08. The first-order valence-corrected chi connectivity index (χ1v) is 9.94. The molecule has 0 radical (unpaired) electrons. The van der Waals surface area contributed by atoms with Crippen molar-refractivity contribution in [3.63, 3.8) is 0 Å². The van der Waals surface area contributed by atoms with Crippen molar-refractivity contribution in [1.82, 2.24) is 4.90 Å². The molecule has 2 aliphatic rings. The first-order valence-electron chi connectivity index (χ1n) is 9.94. The molecule has 0 aliphatic carbocycles. The maximum Gasteiger partial charge on any atom is 0.251 e. The van der Waals surface area contributed by atoms with E-state index in [4.69, 9.17) is 9.47 Å². The number of carbonyl (C=O) groups is 1. The number of aliphatic hydroxyl groups is 1. The van der Waals surface area contributed by atoms with Gasteiger partial charge in [-0.2, -0.15) is 5.26 Å². The van der Waals surface area contributed by atoms with Gasteiger partial charge in [0.2, 0.25) is 0 Å². The molecule has 154 valence electrons. The van der Waals surface area contributed by atoms with Crippen LogP contribution < -0.4 is 4.74 Å². The quantitative estimate of drug-likeness (QED) is 0.841. The van der Waals surface area contributed by atoms with Gasteiger partial charge in [0.1, 0.15) is 29.3 Å². The summed E-state index contributed by atoms with van der Waals surface area (Å²) >= 11 is 0. The molecule has 0 aromatic heterocycles. The Balaban J connectivity index is 1.61. The molecule has 2 aromatic carbocycles. The first kappa shape index (κ1) is 20.0. The van der Waals surface area contributed by atoms with Gasteiger partial charge in [-0.25, -0.2) is 0 Å². The Kier molecular flexibility index (Phi) is 5.00. The van der Waals surface area contributed by atoms with Gasteiger partial charge in [0, 0.05) is 11.6 Å². The van der Waals surface area contributed by atoms with E-state index in [0.29, 0.717) is 22.6 Å². The van der Waals surface area contributed by atoms with E-state index in [2.05, 4.69) is 6.07 Å². The van der Waals surface area contributed by atoms with Gasteiger partial charge in [0.05, 0.1) is 24.2 Å². The van der Waals surface area contributed by atoms with Crippen molar-refractivity contribution in [3.05, 3.63) is 77.1 Å². The van der Waals surface area contributed by atoms with Gasteiger partial charge < -0.3 is 19.5 Å². The fourth-order valence-electron chi connectivity index (χ4n) is 4.01. The van der Waals surface area contributed by atoms with E-state index in [-0.39, 0.29) is 18.6 Å². The van der Waals surface area contributed by atoms with Crippen LogP contribution in [0.5, 0.6) is 5.75 Å². The van der Waals surface area contributed by atoms with Crippen LogP contribution in [0, 0.1) is 11.3 Å². The van der Waals surface area contributed by atoms with E-state index in [1.165, 1.54) is 6.08 Å². The number of nitrogens with zero attached hydrogens (tertiary/aromatic N) is 2. The van der Waals surface area contributed by atoms with Crippen LogP contribution in [-0.2, 0) is 9.53 Å². The van der Waals surface area contributed by atoms with Crippen molar-refractivity contribution in [1.29, 1.82) is 5.26 Å². The van der Waals surface area contributed by atoms with Gasteiger partial charge in [-0.15, -0.1) is 0 Å². The number of ether oxygens (including phenoxy) is 2. The molecule has 1 N–H and O–H groups in total. The maximum absolute atomic E-state index is 12.9. The van der Waals surface area contributed by atoms with E-state index in [1.807, 2.05) is 37.3 Å². The summed E-state index contributed by atoms with van der Waals surface area (Å²) < 4.78 is 12.0. The van der Waals surface area contributed by atoms with Crippen molar-refractivity contribution < 1.29 is 19.4 Å². The van der Waals surface area contributed by atoms with E-state index in [9.17, 15) is 15.2 Å². The number of aliphatic hydroxyl groups excluding tert-OH is 1. The molecule has 6 nitrogen and oxygen atoms in total. The molecule has 6 heteroatoms. The van der Waals surface area contributed by atoms with Gasteiger partial charge >= 0.3 is 0 Å². The summed E-state index contributed by atoms with van der Waals surface area (Å²) in [5, 5.41) is 20.4. The Morgan fingerprint density at radius 1 is 1.27 bits per heavy atom. The second kappa shape index (κ2) is 7.51. The lowest BCUT2D eigenvalue weighted by Crippen LogP contribution is -2.54. The number of carbonyl (C=O) groups excluding carboxylic acids is 1. The summed E-state index contributed by atoms with van der Waals surface area (Å²) in [6, 6.07) is 16.3. The predicted molar refractivity (Wildman–Crippen MR) is 110 cm³/mol. The minimum absolute atomic E-state index is 0.210. The summed E-state index contributed by atoms with van der Waals surface area (Å²) in [7, 11) is 0. The molecule has 2 aliphatic heterocycles. The Morgan fingerprint density at radius 2 is 2.00 bits per heavy atom. The molecule has 30 heavy (non-hydrogen) atoms. The van der Waals surface area contributed by atoms with Crippen LogP contribution in [0.25, 0.3) is 0 Å². The topological polar surface area (TPSA) is 82.8 Å². The zero-order valence-electron chi connectivity index (χ0n) is 17.2. The SMILES string of the molecule is CC(OC1=CC(=O)N([C@H]2c3cc(C#N)ccc3OC(C)(C)[C@@H]2O)C1)c1ccccc1. The highest BCUT2D eigenvalue weighted by atomic mass is 16.5. The average molecular weight is 404 g/mol. The molecule has 0 saturated heterocycles. The molecule has 1 unspecified atom stereocenters. The van der Waals surface area contributed by atoms with Crippen LogP contribution in [-0.4, -0.2) is 34.2 Å². The summed E-state index contributed by atoms with van der Waals surface area (Å²) in [6.07, 6.45) is 0.295. The number of nitriles is 1. The van der Waals surface area contributed by atoms with Crippen LogP contribution >= 0.6 is 0 Å². The third-order valence-electron chi connectivity index (χ3n) is 5.67. The van der Waals surface area contributed by atoms with Gasteiger partial charge in [0.15, 0.2) is 0 Å². The third-order valence-corrected chi connectivity index (χ3v) is 5.67. The first-order chi connectivity index (χ1) is 14.3. The largest absolute Gasteiger partial charge is 0.488 e. The second-order valence-electron chi connectivity index (χ2n) is 8.21. The van der Waals surface area contributed by atoms with Crippen molar-refractivity contribution in [3.8, 4) is 11.8 Å². The molecule has 0 spiro atoms. The Morgan fingerprint density at radius 3 is 2.70 bits per heavy atom. The zero-order valence-corrected chi connectivity index (χ0v) is 17.2. The van der Waals surface area contributed by atoms with Crippen molar-refractivity contribution in [2.24, 2.45) is 0 Å². The second-order valence-corrected chi connectivity index (χ2v) is 8.21. The monoisotopic (exact) mass is 404 g/mol. The number of hydrogen-bond donors (Lipinski definition) is 1. The Labute approximate surface area is 176 Å². The number of hydrogen-bond acceptors (Lipinski definition) is 5. The molecule has 3 atom stereocenters. The zero-order chi connectivity index (χ0) is 21.5. The number of rotatable bonds is 4. The predicted octanol–water partition coefficient (Wildman–Crippen LogP) is 3.64. The third kappa shape index (κ3) is 3.53. The molecular formula is C24H24N2O4. The lowest BCUT2D eigenvalue weighted by Gasteiger charge is -2.45. The molecule has 1 amide bonds. The summed E-state index contributed by atoms with van der Waals surface area (Å²) in [4.78, 5) is 14.5. The standard InChI is InChI=1S/C24H24N2O4/c1-15(17-7-5-4-6-8-17)29-18-12-21(27)26(14-18)22-19-11-16(13-25)9-10-20(19)30-24(2,3)23(22)28/h4-12,15,22-23,28H,14H2,1-3H3/t15?,22-,23+/m0/s1. The highest BCUT2D eigenvalue weighted by Crippen LogP contribution is 2.44. The van der Waals surface area contributed by atoms with Gasteiger partial charge in [-0.05, 0) is 44.5 Å². The lowest BCUT2D eigenvalue weighted by molar-refractivity contribution is -0.137. The summed E-state index contributed by atoms with van der Waals surface area (Å²) in [5.41, 5.74) is 1.19. The molecule has 0 fully saturated rings. The van der Waals surface area contributed by atoms with E-state index in [1.54, 1.807) is 36.9 Å². The molecule has 2 heterocycles. The van der Waals surface area contributed by atoms with E-state index < -0.39 is 17.7 Å². The minimum Gasteiger partial charge on any atom is -0.488 e. The number of benzene rings is 2. The molecule has 4 rings (SSSR count). The molecule has 2 aromatic rings. The van der Waals surface area contributed by atoms with E-state index >= 15 is 0 Å². The lowest BCUT2D eigenvalue weighted by atomic mass is 9.85. The van der Waals surface area contributed by atoms with Crippen molar-refractivity contribution in [2.45, 2.75) is 44.6 Å². The van der Waals surface area contributed by atoms with Gasteiger partial charge in [0.25, 0.3) is 5.91 Å². The van der Waals surface area contributed by atoms with Crippen molar-refractivity contribution >= 4 is 5.91 Å². The van der Waals surface area contributed by atoms with Crippen molar-refractivity contribution in [2.75, 3.05) is 6.54 Å². The van der Waals surface area contributed by atoms with Gasteiger partial charge in [-0.3, -0.25) is 4.79 Å². The highest BCUT2D eigenvalue weighted by Gasteiger charge is 2.48. The summed E-state index contributed by atoms with van der Waals surface area (Å²) in [5.74, 6) is 0.875. The van der Waals surface area contributed by atoms with Crippen LogP contribution in [0.1, 0.15) is 49.6 Å². The molecular weight excluding hydrogens is 380 g/mol. The van der Waals surface area contributed by atoms with Crippen LogP contribution in [0.4, 0.5) is 0 Å². The van der Waals surface area contributed by atoms with Gasteiger partial charge in [-0.1, -0.05) is 30.3 Å². The fourth-order valence-corrected chi connectivity index (χ4v) is 4.01. The minimum atomic E-state index is -0.970. The van der Waals surface area contributed by atoms with Crippen LogP contribution in [0.3, 0.4) is 0 Å². The smallest absolute Gasteiger partial charge is 0.251 e. The number of amides is 1. The highest BCUT2D eigenvalue weighted by molar-refractivity contribution is 5.91. The molecule has 0 bridgehead atoms. The summed E-state index contributed by atoms with van der Waals surface area (Å²) in [6.45, 7) is 5.75. The normalized spacial score (nSPS) is 23.1. The number of fused-ring (bicyclic) bond motifs is 1. The fraction of sp³-hybridized carbons (Fsp3) is 0.333. The molecule has 0 saturated carbocycles. The Bertz CT molecular complexity index is 1040. The Hall–Kier alpha value is -3.30. The van der Waals surface area contributed by atoms with Crippen LogP contribution in [0.2, 0.25) is 0 Å². The van der Waals surface area contributed by atoms with E-state index in [0.717, 1.165) is 5.56 Å². The maximum atomic E-state index is 12.9.